The van der Waals surface area contributed by atoms with Crippen molar-refractivity contribution in [2.45, 2.75) is 0 Å². The van der Waals surface area contributed by atoms with E-state index in [9.17, 15) is 0 Å². The first-order valence-electron chi connectivity index (χ1n) is 22.7. The predicted octanol–water partition coefficient (Wildman–Crippen LogP) is 11.3. The molecule has 0 bridgehead atoms. The van der Waals surface area contributed by atoms with Crippen LogP contribution >= 0.6 is 0 Å². The Morgan fingerprint density at radius 1 is 0.288 bits per heavy atom. The lowest BCUT2D eigenvalue weighted by Crippen LogP contribution is -2.65. The molecule has 4 aliphatic rings. The summed E-state index contributed by atoms with van der Waals surface area (Å²) < 4.78 is 14.5. The third-order valence-corrected chi connectivity index (χ3v) is 14.2. The molecule has 0 atom stereocenters. The van der Waals surface area contributed by atoms with Crippen molar-refractivity contribution in [3.05, 3.63) is 218 Å². The number of hydrogen-bond donors (Lipinski definition) is 0. The third-order valence-electron chi connectivity index (χ3n) is 14.2. The Balaban J connectivity index is 1.08. The minimum atomic E-state index is -0.222. The minimum absolute atomic E-state index is 0.222. The molecule has 0 aliphatic carbocycles. The van der Waals surface area contributed by atoms with Crippen LogP contribution in [0.25, 0.3) is 21.9 Å². The van der Waals surface area contributed by atoms with Gasteiger partial charge in [-0.15, -0.1) is 0 Å². The average molecular weight is 843 g/mol. The van der Waals surface area contributed by atoms with Crippen molar-refractivity contribution >= 4 is 137 Å². The van der Waals surface area contributed by atoms with E-state index < -0.39 is 0 Å². The molecule has 0 N–H and O–H groups in total. The van der Waals surface area contributed by atoms with Gasteiger partial charge in [0.1, 0.15) is 11.2 Å². The van der Waals surface area contributed by atoms with Crippen LogP contribution in [0.3, 0.4) is 0 Å². The van der Waals surface area contributed by atoms with E-state index >= 15 is 0 Å². The van der Waals surface area contributed by atoms with Crippen LogP contribution in [-0.4, -0.2) is 13.4 Å². The molecule has 0 fully saturated rings. The first-order valence-corrected chi connectivity index (χ1v) is 22.7. The highest BCUT2D eigenvalue weighted by molar-refractivity contribution is 7.02. The van der Waals surface area contributed by atoms with E-state index in [0.29, 0.717) is 0 Å². The largest absolute Gasteiger partial charge is 0.468 e. The molecule has 11 aromatic rings. The topological polar surface area (TPSA) is 39.2 Å². The Labute approximate surface area is 382 Å². The molecular weight excluding hydrogens is 806 g/mol. The molecule has 8 heteroatoms. The number of fused-ring (bicyclic) bond motifs is 12. The maximum absolute atomic E-state index is 7.23. The number of nitrogens with zero attached hydrogens (tertiary/aromatic N) is 4. The van der Waals surface area contributed by atoms with Gasteiger partial charge in [-0.1, -0.05) is 115 Å². The smallest absolute Gasteiger partial charge is 0.297 e. The second-order valence-corrected chi connectivity index (χ2v) is 17.6. The summed E-state index contributed by atoms with van der Waals surface area (Å²) in [5, 5.41) is 2.18. The molecule has 6 nitrogen and oxygen atoms in total. The van der Waals surface area contributed by atoms with E-state index in [1.165, 1.54) is 21.9 Å². The van der Waals surface area contributed by atoms with E-state index in [-0.39, 0.29) is 13.4 Å². The number of anilines is 12. The minimum Gasteiger partial charge on any atom is -0.468 e. The molecule has 0 unspecified atom stereocenters. The van der Waals surface area contributed by atoms with Crippen LogP contribution in [0.4, 0.5) is 68.2 Å². The van der Waals surface area contributed by atoms with Gasteiger partial charge in [-0.25, -0.2) is 0 Å². The maximum atomic E-state index is 7.23. The van der Waals surface area contributed by atoms with E-state index in [0.717, 1.165) is 102 Å². The molecule has 0 saturated carbocycles. The number of para-hydroxylation sites is 6. The average Bonchev–Trinajstić information content (AvgIpc) is 3.96. The van der Waals surface area contributed by atoms with Crippen molar-refractivity contribution in [1.29, 1.82) is 0 Å². The normalized spacial score (nSPS) is 13.9. The number of hydrogen-bond acceptors (Lipinski definition) is 6. The van der Waals surface area contributed by atoms with Crippen LogP contribution < -0.4 is 52.8 Å². The monoisotopic (exact) mass is 842 g/mol. The zero-order valence-electron chi connectivity index (χ0n) is 35.5. The van der Waals surface area contributed by atoms with Crippen LogP contribution in [0.15, 0.2) is 227 Å². The third kappa shape index (κ3) is 4.77. The Morgan fingerprint density at radius 2 is 0.621 bits per heavy atom. The van der Waals surface area contributed by atoms with Crippen LogP contribution in [0.2, 0.25) is 0 Å². The number of rotatable bonds is 4. The van der Waals surface area contributed by atoms with Gasteiger partial charge in [0.25, 0.3) is 13.4 Å². The second-order valence-electron chi connectivity index (χ2n) is 17.6. The van der Waals surface area contributed by atoms with Crippen LogP contribution in [-0.2, 0) is 0 Å². The van der Waals surface area contributed by atoms with Gasteiger partial charge >= 0.3 is 0 Å². The van der Waals surface area contributed by atoms with Gasteiger partial charge in [-0.3, -0.25) is 0 Å². The van der Waals surface area contributed by atoms with Gasteiger partial charge in [-0.2, -0.15) is 0 Å². The Hall–Kier alpha value is -8.61. The Morgan fingerprint density at radius 3 is 1.02 bits per heavy atom. The van der Waals surface area contributed by atoms with E-state index in [1.807, 2.05) is 0 Å². The van der Waals surface area contributed by atoms with E-state index in [4.69, 9.17) is 8.83 Å². The summed E-state index contributed by atoms with van der Waals surface area (Å²) in [5.74, 6) is 0. The molecule has 0 spiro atoms. The molecule has 6 heterocycles. The molecule has 0 saturated heterocycles. The zero-order chi connectivity index (χ0) is 43.0. The molecular formula is C58H36B2N4O2. The van der Waals surface area contributed by atoms with Crippen molar-refractivity contribution in [2.75, 3.05) is 19.6 Å². The van der Waals surface area contributed by atoms with Crippen molar-refractivity contribution in [3.8, 4) is 0 Å². The van der Waals surface area contributed by atoms with Crippen molar-refractivity contribution < 1.29 is 8.83 Å². The fourth-order valence-corrected chi connectivity index (χ4v) is 11.6. The summed E-state index contributed by atoms with van der Waals surface area (Å²) in [6.07, 6.45) is 0. The second kappa shape index (κ2) is 13.5. The number of benzene rings is 9. The standard InChI is InChI=1S/C58H36B2N4O2/c1-5-19-37(20-6-1)61-45-29-17-31-47-53(45)59(57-55(41-27-13-15-33-51(41)65-57)63(47)39-23-9-3-10-24-39)43-35-44-50(36-49(43)61)62(38-21-7-2-8-22-38)46-30-18-32-48-54(46)60(44)58-56(42-28-14-16-34-52(42)66-58)64(48)40-25-11-4-12-26-40/h1-36H. The molecule has 306 valence electrons. The summed E-state index contributed by atoms with van der Waals surface area (Å²) >= 11 is 0. The number of furan rings is 2. The summed E-state index contributed by atoms with van der Waals surface area (Å²) in [6, 6.07) is 78.7. The van der Waals surface area contributed by atoms with Gasteiger partial charge in [0, 0.05) is 67.6 Å². The van der Waals surface area contributed by atoms with E-state index in [1.54, 1.807) is 0 Å². The Bertz CT molecular complexity index is 3520. The fourth-order valence-electron chi connectivity index (χ4n) is 11.6. The van der Waals surface area contributed by atoms with Gasteiger partial charge < -0.3 is 28.4 Å². The van der Waals surface area contributed by atoms with Gasteiger partial charge in [0.05, 0.1) is 22.7 Å². The van der Waals surface area contributed by atoms with Gasteiger partial charge in [-0.05, 0) is 125 Å². The molecule has 15 rings (SSSR count). The van der Waals surface area contributed by atoms with Crippen LogP contribution in [0.1, 0.15) is 0 Å². The first kappa shape index (κ1) is 35.8. The summed E-state index contributed by atoms with van der Waals surface area (Å²) in [7, 11) is 0. The summed E-state index contributed by atoms with van der Waals surface area (Å²) in [4.78, 5) is 9.79. The predicted molar refractivity (Wildman–Crippen MR) is 274 cm³/mol. The summed E-state index contributed by atoms with van der Waals surface area (Å²) in [5.41, 5.74) is 21.7. The van der Waals surface area contributed by atoms with Gasteiger partial charge in [0.15, 0.2) is 0 Å². The Kier molecular flexibility index (Phi) is 7.30. The lowest BCUT2D eigenvalue weighted by molar-refractivity contribution is 0.651. The first-order chi connectivity index (χ1) is 32.8. The molecule has 2 aromatic heterocycles. The molecule has 0 amide bonds. The molecule has 9 aromatic carbocycles. The van der Waals surface area contributed by atoms with Crippen molar-refractivity contribution in [1.82, 2.24) is 0 Å². The van der Waals surface area contributed by atoms with Gasteiger partial charge in [0.2, 0.25) is 0 Å². The molecule has 66 heavy (non-hydrogen) atoms. The van der Waals surface area contributed by atoms with Crippen LogP contribution in [0, 0.1) is 0 Å². The van der Waals surface area contributed by atoms with Crippen LogP contribution in [0.5, 0.6) is 0 Å². The highest BCUT2D eigenvalue weighted by Gasteiger charge is 2.51. The molecule has 0 radical (unpaired) electrons. The lowest BCUT2D eigenvalue weighted by Gasteiger charge is -2.45. The highest BCUT2D eigenvalue weighted by atomic mass is 16.3. The zero-order valence-corrected chi connectivity index (χ0v) is 35.5. The molecule has 4 aliphatic heterocycles. The van der Waals surface area contributed by atoms with Crippen molar-refractivity contribution in [3.63, 3.8) is 0 Å². The SMILES string of the molecule is c1ccc(N2c3cc4c(cc3B3c5oc6ccccc6c5N(c5ccccc5)c5cccc2c53)B2c3oc5ccccc5c3N(c3ccccc3)c3cccc(c32)N4c2ccccc2)cc1. The highest BCUT2D eigenvalue weighted by Crippen LogP contribution is 2.50. The van der Waals surface area contributed by atoms with E-state index in [2.05, 4.69) is 238 Å². The lowest BCUT2D eigenvalue weighted by atomic mass is 9.32. The fraction of sp³-hybridized carbons (Fsp3) is 0. The van der Waals surface area contributed by atoms with Crippen molar-refractivity contribution in [2.24, 2.45) is 0 Å². The summed E-state index contributed by atoms with van der Waals surface area (Å²) in [6.45, 7) is -0.444. The maximum Gasteiger partial charge on any atom is 0.297 e. The quantitative estimate of drug-likeness (QED) is 0.164.